The van der Waals surface area contributed by atoms with Crippen molar-refractivity contribution in [3.8, 4) is 0 Å². The molecule has 0 N–H and O–H groups in total. The second-order valence-corrected chi connectivity index (χ2v) is 8.86. The zero-order valence-corrected chi connectivity index (χ0v) is 18.4. The number of benzene rings is 2. The molecule has 0 saturated carbocycles. The molecule has 2 aromatic carbocycles. The molecule has 29 heavy (non-hydrogen) atoms. The number of fused-ring (bicyclic) bond motifs is 1. The Morgan fingerprint density at radius 1 is 1.21 bits per heavy atom. The lowest BCUT2D eigenvalue weighted by atomic mass is 10.1. The van der Waals surface area contributed by atoms with E-state index in [0.717, 1.165) is 29.1 Å². The molecule has 0 radical (unpaired) electrons. The van der Waals surface area contributed by atoms with Crippen LogP contribution in [0, 0.1) is 0 Å². The fourth-order valence-electron chi connectivity index (χ4n) is 3.35. The molecule has 1 amide bonds. The molecule has 7 heteroatoms. The number of carbonyl (C=O) groups is 2. The minimum absolute atomic E-state index is 0.221. The first-order valence-corrected chi connectivity index (χ1v) is 10.8. The monoisotopic (exact) mass is 432 g/mol. The van der Waals surface area contributed by atoms with Crippen LogP contribution in [0.5, 0.6) is 0 Å². The van der Waals surface area contributed by atoms with Gasteiger partial charge in [0.15, 0.2) is 6.10 Å². The summed E-state index contributed by atoms with van der Waals surface area (Å²) in [5, 5.41) is 0.225. The van der Waals surface area contributed by atoms with E-state index in [-0.39, 0.29) is 11.2 Å². The van der Waals surface area contributed by atoms with E-state index in [0.29, 0.717) is 11.6 Å². The minimum atomic E-state index is -0.912. The average molecular weight is 433 g/mol. The molecule has 0 saturated heterocycles. The van der Waals surface area contributed by atoms with Crippen molar-refractivity contribution in [3.05, 3.63) is 59.1 Å². The number of hydrogen-bond acceptors (Lipinski definition) is 5. The minimum Gasteiger partial charge on any atom is -0.451 e. The molecule has 2 aromatic rings. The average Bonchev–Trinajstić information content (AvgIpc) is 2.78. The molecule has 154 valence electrons. The predicted molar refractivity (Wildman–Crippen MR) is 118 cm³/mol. The number of anilines is 1. The van der Waals surface area contributed by atoms with E-state index in [2.05, 4.69) is 4.90 Å². The number of hydrogen-bond donors (Lipinski definition) is 0. The van der Waals surface area contributed by atoms with Crippen LogP contribution in [0.15, 0.2) is 53.4 Å². The molecule has 5 nitrogen and oxygen atoms in total. The van der Waals surface area contributed by atoms with Gasteiger partial charge in [0, 0.05) is 23.4 Å². The van der Waals surface area contributed by atoms with Gasteiger partial charge in [-0.25, -0.2) is 0 Å². The van der Waals surface area contributed by atoms with Crippen LogP contribution in [0.25, 0.3) is 0 Å². The first-order chi connectivity index (χ1) is 13.9. The normalized spacial score (nSPS) is 19.1. The van der Waals surface area contributed by atoms with E-state index in [1.807, 2.05) is 62.6 Å². The van der Waals surface area contributed by atoms with Gasteiger partial charge in [0.05, 0.1) is 10.9 Å². The number of halogens is 1. The number of rotatable bonds is 6. The summed E-state index contributed by atoms with van der Waals surface area (Å²) < 4.78 is 5.58. The molecule has 0 aliphatic carbocycles. The van der Waals surface area contributed by atoms with Crippen molar-refractivity contribution in [1.82, 2.24) is 4.90 Å². The largest absolute Gasteiger partial charge is 0.451 e. The molecule has 1 aliphatic rings. The number of thioether (sulfide) groups is 1. The summed E-state index contributed by atoms with van der Waals surface area (Å²) in [7, 11) is 4.00. The number of ether oxygens (including phenoxy) is 1. The molecule has 1 heterocycles. The topological polar surface area (TPSA) is 49.9 Å². The van der Waals surface area contributed by atoms with E-state index in [1.54, 1.807) is 4.90 Å². The van der Waals surface area contributed by atoms with E-state index in [1.165, 1.54) is 18.7 Å². The quantitative estimate of drug-likeness (QED) is 0.633. The van der Waals surface area contributed by atoms with Gasteiger partial charge in [-0.15, -0.1) is 11.8 Å². The molecule has 2 unspecified atom stereocenters. The van der Waals surface area contributed by atoms with Crippen molar-refractivity contribution in [2.24, 2.45) is 0 Å². The fourth-order valence-corrected chi connectivity index (χ4v) is 4.82. The summed E-state index contributed by atoms with van der Waals surface area (Å²) in [6.07, 6.45) is -0.122. The lowest BCUT2D eigenvalue weighted by Gasteiger charge is -2.28. The van der Waals surface area contributed by atoms with Crippen LogP contribution in [-0.4, -0.2) is 50.1 Å². The highest BCUT2D eigenvalue weighted by Gasteiger charge is 2.40. The van der Waals surface area contributed by atoms with Gasteiger partial charge in [-0.2, -0.15) is 0 Å². The summed E-state index contributed by atoms with van der Waals surface area (Å²) in [6, 6.07) is 15.3. The molecule has 1 aliphatic heterocycles. The Morgan fingerprint density at radius 3 is 2.59 bits per heavy atom. The van der Waals surface area contributed by atoms with Gasteiger partial charge >= 0.3 is 5.97 Å². The van der Waals surface area contributed by atoms with Gasteiger partial charge in [0.1, 0.15) is 0 Å². The van der Waals surface area contributed by atoms with Crippen LogP contribution < -0.4 is 4.90 Å². The van der Waals surface area contributed by atoms with Crippen LogP contribution in [0.2, 0.25) is 5.02 Å². The maximum atomic E-state index is 13.6. The van der Waals surface area contributed by atoms with Crippen molar-refractivity contribution >= 4 is 40.9 Å². The Hall–Kier alpha value is -2.02. The molecule has 0 fully saturated rings. The van der Waals surface area contributed by atoms with Crippen LogP contribution >= 0.6 is 23.4 Å². The zero-order valence-electron chi connectivity index (χ0n) is 16.8. The molecule has 3 rings (SSSR count). The van der Waals surface area contributed by atoms with Crippen molar-refractivity contribution in [1.29, 1.82) is 0 Å². The Morgan fingerprint density at radius 2 is 1.93 bits per heavy atom. The van der Waals surface area contributed by atoms with Gasteiger partial charge in [0.25, 0.3) is 5.91 Å². The van der Waals surface area contributed by atoms with Gasteiger partial charge in [-0.3, -0.25) is 9.59 Å². The smallest absolute Gasteiger partial charge is 0.303 e. The molecule has 0 bridgehead atoms. The third-order valence-corrected chi connectivity index (χ3v) is 6.27. The lowest BCUT2D eigenvalue weighted by molar-refractivity contribution is -0.152. The standard InChI is InChI=1S/C22H25ClN2O3S/c1-15(26)28-20-21(16-8-5-4-6-9-16)29-19-11-10-17(23)14-18(19)25(22(20)27)13-7-12-24(2)3/h4-6,8-11,14,20-21H,7,12-13H2,1-3H3. The number of esters is 1. The van der Waals surface area contributed by atoms with Crippen molar-refractivity contribution < 1.29 is 14.3 Å². The van der Waals surface area contributed by atoms with Gasteiger partial charge < -0.3 is 14.5 Å². The lowest BCUT2D eigenvalue weighted by Crippen LogP contribution is -2.43. The van der Waals surface area contributed by atoms with Crippen LogP contribution in [0.4, 0.5) is 5.69 Å². The molecule has 0 aromatic heterocycles. The third kappa shape index (κ3) is 5.32. The first kappa shape index (κ1) is 21.7. The van der Waals surface area contributed by atoms with Gasteiger partial charge in [-0.05, 0) is 50.8 Å². The van der Waals surface area contributed by atoms with Crippen LogP contribution in [0.1, 0.15) is 24.2 Å². The highest BCUT2D eigenvalue weighted by Crippen LogP contribution is 2.47. The maximum absolute atomic E-state index is 13.6. The highest BCUT2D eigenvalue weighted by molar-refractivity contribution is 7.99. The molecule has 2 atom stereocenters. The Labute approximate surface area is 181 Å². The summed E-state index contributed by atoms with van der Waals surface area (Å²) in [6.45, 7) is 2.70. The molecule has 0 spiro atoms. The summed E-state index contributed by atoms with van der Waals surface area (Å²) in [5.74, 6) is -0.691. The number of carbonyl (C=O) groups excluding carboxylic acids is 2. The number of amides is 1. The maximum Gasteiger partial charge on any atom is 0.303 e. The second kappa shape index (κ2) is 9.65. The van der Waals surface area contributed by atoms with E-state index >= 15 is 0 Å². The first-order valence-electron chi connectivity index (χ1n) is 9.51. The Balaban J connectivity index is 2.05. The predicted octanol–water partition coefficient (Wildman–Crippen LogP) is 4.40. The summed E-state index contributed by atoms with van der Waals surface area (Å²) in [4.78, 5) is 30.2. The van der Waals surface area contributed by atoms with E-state index in [4.69, 9.17) is 16.3 Å². The van der Waals surface area contributed by atoms with E-state index < -0.39 is 12.1 Å². The Kier molecular flexibility index (Phi) is 7.22. The van der Waals surface area contributed by atoms with Crippen LogP contribution in [-0.2, 0) is 14.3 Å². The SMILES string of the molecule is CC(=O)OC1C(=O)N(CCCN(C)C)c2cc(Cl)ccc2SC1c1ccccc1. The fraction of sp³-hybridized carbons (Fsp3) is 0.364. The molecular weight excluding hydrogens is 408 g/mol. The summed E-state index contributed by atoms with van der Waals surface area (Å²) >= 11 is 7.79. The highest BCUT2D eigenvalue weighted by atomic mass is 35.5. The third-order valence-electron chi connectivity index (χ3n) is 4.66. The zero-order chi connectivity index (χ0) is 21.0. The number of nitrogens with zero attached hydrogens (tertiary/aromatic N) is 2. The van der Waals surface area contributed by atoms with Crippen molar-refractivity contribution in [2.75, 3.05) is 32.1 Å². The van der Waals surface area contributed by atoms with Gasteiger partial charge in [-0.1, -0.05) is 41.9 Å². The van der Waals surface area contributed by atoms with Crippen molar-refractivity contribution in [3.63, 3.8) is 0 Å². The van der Waals surface area contributed by atoms with Crippen LogP contribution in [0.3, 0.4) is 0 Å². The summed E-state index contributed by atoms with van der Waals surface area (Å²) in [5.41, 5.74) is 1.70. The second-order valence-electron chi connectivity index (χ2n) is 7.24. The molecular formula is C22H25ClN2O3S. The van der Waals surface area contributed by atoms with E-state index in [9.17, 15) is 9.59 Å². The van der Waals surface area contributed by atoms with Gasteiger partial charge in [0.2, 0.25) is 0 Å². The van der Waals surface area contributed by atoms with Crippen molar-refractivity contribution in [2.45, 2.75) is 29.6 Å². The Bertz CT molecular complexity index is 876.